The fraction of sp³-hybridized carbons (Fsp3) is 0.231. The average molecular weight is 234 g/mol. The first-order chi connectivity index (χ1) is 7.86. The monoisotopic (exact) mass is 234 g/mol. The summed E-state index contributed by atoms with van der Waals surface area (Å²) in [5.74, 6) is 0. The van der Waals surface area contributed by atoms with Crippen molar-refractivity contribution in [2.75, 3.05) is 6.54 Å². The fourth-order valence-electron chi connectivity index (χ4n) is 1.62. The van der Waals surface area contributed by atoms with Crippen LogP contribution >= 0.6 is 11.3 Å². The Morgan fingerprint density at radius 2 is 1.94 bits per heavy atom. The Morgan fingerprint density at radius 3 is 2.62 bits per heavy atom. The normalized spacial score (nSPS) is 12.6. The molecule has 0 bridgehead atoms. The largest absolute Gasteiger partial charge is 0.382 e. The maximum Gasteiger partial charge on any atom is 0.128 e. The maximum atomic E-state index is 9.92. The Labute approximate surface area is 99.6 Å². The number of rotatable bonds is 5. The number of thiophene rings is 1. The standard InChI is InChI=1S/C13H15NOS/c15-13(11-5-2-1-3-6-11)10-14-9-12-7-4-8-16-12/h1-8,13-15H,9-10H2/p+1/t13-/m1/s1. The van der Waals surface area contributed by atoms with Crippen molar-refractivity contribution in [3.8, 4) is 0 Å². The summed E-state index contributed by atoms with van der Waals surface area (Å²) in [6, 6.07) is 14.0. The van der Waals surface area contributed by atoms with Gasteiger partial charge < -0.3 is 10.4 Å². The lowest BCUT2D eigenvalue weighted by atomic mass is 10.1. The number of aliphatic hydroxyl groups excluding tert-OH is 1. The Kier molecular flexibility index (Phi) is 4.10. The van der Waals surface area contributed by atoms with Gasteiger partial charge in [-0.25, -0.2) is 0 Å². The van der Waals surface area contributed by atoms with Crippen LogP contribution in [0.2, 0.25) is 0 Å². The third-order valence-corrected chi connectivity index (χ3v) is 3.40. The molecule has 0 saturated heterocycles. The van der Waals surface area contributed by atoms with Gasteiger partial charge in [0.15, 0.2) is 0 Å². The van der Waals surface area contributed by atoms with E-state index in [0.29, 0.717) is 6.54 Å². The second-order valence-corrected chi connectivity index (χ2v) is 4.77. The summed E-state index contributed by atoms with van der Waals surface area (Å²) in [5, 5.41) is 14.1. The average Bonchev–Trinajstić information content (AvgIpc) is 2.83. The van der Waals surface area contributed by atoms with Crippen LogP contribution in [0.3, 0.4) is 0 Å². The fourth-order valence-corrected chi connectivity index (χ4v) is 2.33. The SMILES string of the molecule is O[C@H](C[NH2+]Cc1cccs1)c1ccccc1. The highest BCUT2D eigenvalue weighted by molar-refractivity contribution is 7.09. The number of benzene rings is 1. The van der Waals surface area contributed by atoms with Gasteiger partial charge in [-0.3, -0.25) is 0 Å². The molecular weight excluding hydrogens is 218 g/mol. The summed E-state index contributed by atoms with van der Waals surface area (Å²) in [4.78, 5) is 1.35. The van der Waals surface area contributed by atoms with E-state index in [9.17, 15) is 5.11 Å². The number of hydrogen-bond acceptors (Lipinski definition) is 2. The Morgan fingerprint density at radius 1 is 1.12 bits per heavy atom. The van der Waals surface area contributed by atoms with Crippen LogP contribution in [0.5, 0.6) is 0 Å². The Bertz CT molecular complexity index is 399. The van der Waals surface area contributed by atoms with Crippen LogP contribution in [-0.4, -0.2) is 11.7 Å². The van der Waals surface area contributed by atoms with Crippen molar-refractivity contribution < 1.29 is 10.4 Å². The molecule has 2 rings (SSSR count). The number of quaternary nitrogens is 1. The zero-order chi connectivity index (χ0) is 11.2. The smallest absolute Gasteiger partial charge is 0.128 e. The zero-order valence-electron chi connectivity index (χ0n) is 9.04. The van der Waals surface area contributed by atoms with Gasteiger partial charge in [-0.05, 0) is 17.0 Å². The third kappa shape index (κ3) is 3.17. The maximum absolute atomic E-state index is 9.92. The molecule has 0 spiro atoms. The van der Waals surface area contributed by atoms with Gasteiger partial charge in [0.25, 0.3) is 0 Å². The predicted molar refractivity (Wildman–Crippen MR) is 66.2 cm³/mol. The molecule has 0 aliphatic heterocycles. The van der Waals surface area contributed by atoms with Gasteiger partial charge in [0.05, 0.1) is 4.88 Å². The molecule has 0 fully saturated rings. The number of aliphatic hydroxyl groups is 1. The van der Waals surface area contributed by atoms with E-state index >= 15 is 0 Å². The van der Waals surface area contributed by atoms with Crippen molar-refractivity contribution >= 4 is 11.3 Å². The zero-order valence-corrected chi connectivity index (χ0v) is 9.86. The molecule has 1 aromatic carbocycles. The van der Waals surface area contributed by atoms with Crippen LogP contribution in [-0.2, 0) is 6.54 Å². The van der Waals surface area contributed by atoms with Crippen LogP contribution < -0.4 is 5.32 Å². The van der Waals surface area contributed by atoms with Crippen molar-refractivity contribution in [1.29, 1.82) is 0 Å². The molecular formula is C13H16NOS+. The van der Waals surface area contributed by atoms with Gasteiger partial charge in [-0.15, -0.1) is 11.3 Å². The number of nitrogens with two attached hydrogens (primary N) is 1. The molecule has 2 aromatic rings. The first kappa shape index (κ1) is 11.3. The predicted octanol–water partition coefficient (Wildman–Crippen LogP) is 1.55. The molecule has 0 saturated carbocycles. The van der Waals surface area contributed by atoms with E-state index in [4.69, 9.17) is 0 Å². The van der Waals surface area contributed by atoms with Crippen LogP contribution in [0.25, 0.3) is 0 Å². The quantitative estimate of drug-likeness (QED) is 0.809. The van der Waals surface area contributed by atoms with E-state index in [2.05, 4.69) is 22.8 Å². The van der Waals surface area contributed by atoms with Gasteiger partial charge in [0, 0.05) is 0 Å². The van der Waals surface area contributed by atoms with E-state index in [0.717, 1.165) is 12.1 Å². The van der Waals surface area contributed by atoms with Crippen molar-refractivity contribution in [1.82, 2.24) is 0 Å². The van der Waals surface area contributed by atoms with Crippen molar-refractivity contribution in [3.63, 3.8) is 0 Å². The van der Waals surface area contributed by atoms with Crippen LogP contribution in [0.1, 0.15) is 16.5 Å². The second-order valence-electron chi connectivity index (χ2n) is 3.73. The molecule has 1 heterocycles. The lowest BCUT2D eigenvalue weighted by Gasteiger charge is -2.08. The molecule has 0 amide bonds. The summed E-state index contributed by atoms with van der Waals surface area (Å²) in [7, 11) is 0. The van der Waals surface area contributed by atoms with Crippen LogP contribution in [0, 0.1) is 0 Å². The van der Waals surface area contributed by atoms with Gasteiger partial charge in [0.1, 0.15) is 19.2 Å². The summed E-state index contributed by atoms with van der Waals surface area (Å²) >= 11 is 1.76. The van der Waals surface area contributed by atoms with Crippen LogP contribution in [0.15, 0.2) is 47.8 Å². The summed E-state index contributed by atoms with van der Waals surface area (Å²) in [5.41, 5.74) is 0.991. The van der Waals surface area contributed by atoms with E-state index < -0.39 is 0 Å². The van der Waals surface area contributed by atoms with E-state index in [-0.39, 0.29) is 6.10 Å². The highest BCUT2D eigenvalue weighted by atomic mass is 32.1. The number of hydrogen-bond donors (Lipinski definition) is 2. The molecule has 84 valence electrons. The summed E-state index contributed by atoms with van der Waals surface area (Å²) in [6.45, 7) is 1.66. The van der Waals surface area contributed by atoms with Crippen molar-refractivity contribution in [2.24, 2.45) is 0 Å². The van der Waals surface area contributed by atoms with E-state index in [1.807, 2.05) is 30.3 Å². The minimum atomic E-state index is -0.374. The molecule has 0 radical (unpaired) electrons. The van der Waals surface area contributed by atoms with Crippen LogP contribution in [0.4, 0.5) is 0 Å². The minimum Gasteiger partial charge on any atom is -0.382 e. The van der Waals surface area contributed by atoms with Gasteiger partial charge in [-0.2, -0.15) is 0 Å². The molecule has 3 heteroatoms. The van der Waals surface area contributed by atoms with Gasteiger partial charge in [0.2, 0.25) is 0 Å². The molecule has 0 aliphatic carbocycles. The minimum absolute atomic E-state index is 0.374. The molecule has 3 N–H and O–H groups in total. The highest BCUT2D eigenvalue weighted by Gasteiger charge is 2.08. The summed E-state index contributed by atoms with van der Waals surface area (Å²) in [6.07, 6.45) is -0.374. The topological polar surface area (TPSA) is 36.8 Å². The molecule has 0 aliphatic rings. The molecule has 0 unspecified atom stereocenters. The van der Waals surface area contributed by atoms with E-state index in [1.54, 1.807) is 11.3 Å². The molecule has 1 aromatic heterocycles. The van der Waals surface area contributed by atoms with Gasteiger partial charge in [-0.1, -0.05) is 36.4 Å². The third-order valence-electron chi connectivity index (χ3n) is 2.50. The molecule has 16 heavy (non-hydrogen) atoms. The second kappa shape index (κ2) is 5.80. The Hall–Kier alpha value is -1.16. The first-order valence-corrected chi connectivity index (χ1v) is 6.31. The molecule has 1 atom stereocenters. The Balaban J connectivity index is 1.78. The van der Waals surface area contributed by atoms with E-state index in [1.165, 1.54) is 4.88 Å². The lowest BCUT2D eigenvalue weighted by molar-refractivity contribution is -0.677. The van der Waals surface area contributed by atoms with Gasteiger partial charge >= 0.3 is 0 Å². The first-order valence-electron chi connectivity index (χ1n) is 5.43. The van der Waals surface area contributed by atoms with Crippen molar-refractivity contribution in [2.45, 2.75) is 12.6 Å². The molecule has 2 nitrogen and oxygen atoms in total. The van der Waals surface area contributed by atoms with Crippen molar-refractivity contribution in [3.05, 3.63) is 58.3 Å². The lowest BCUT2D eigenvalue weighted by Crippen LogP contribution is -2.83. The summed E-state index contributed by atoms with van der Waals surface area (Å²) < 4.78 is 0. The highest BCUT2D eigenvalue weighted by Crippen LogP contribution is 2.09.